The minimum absolute atomic E-state index is 0.422. The Labute approximate surface area is 152 Å². The van der Waals surface area contributed by atoms with Gasteiger partial charge in [-0.05, 0) is 26.8 Å². The van der Waals surface area contributed by atoms with Crippen molar-refractivity contribution in [2.75, 3.05) is 5.32 Å². The fraction of sp³-hybridized carbons (Fsp3) is 0.250. The van der Waals surface area contributed by atoms with Gasteiger partial charge in [-0.2, -0.15) is 0 Å². The van der Waals surface area contributed by atoms with Crippen LogP contribution in [0, 0.1) is 0 Å². The third-order valence-electron chi connectivity index (χ3n) is 3.65. The van der Waals surface area contributed by atoms with E-state index in [2.05, 4.69) is 15.6 Å². The summed E-state index contributed by atoms with van der Waals surface area (Å²) >= 11 is 0. The molecule has 0 saturated heterocycles. The van der Waals surface area contributed by atoms with E-state index >= 15 is 0 Å². The van der Waals surface area contributed by atoms with E-state index in [0.29, 0.717) is 11.4 Å². The van der Waals surface area contributed by atoms with E-state index in [-0.39, 0.29) is 0 Å². The summed E-state index contributed by atoms with van der Waals surface area (Å²) in [6, 6.07) is 16.9. The zero-order valence-corrected chi connectivity index (χ0v) is 14.9. The minimum Gasteiger partial charge on any atom is -0.444 e. The number of benzene rings is 2. The van der Waals surface area contributed by atoms with Gasteiger partial charge in [0.25, 0.3) is 5.91 Å². The van der Waals surface area contributed by atoms with Gasteiger partial charge in [0.15, 0.2) is 0 Å². The molecule has 0 spiro atoms. The molecule has 134 valence electrons. The number of carbonyl (C=O) groups excluding carboxylic acids is 2. The van der Waals surface area contributed by atoms with E-state index in [1.54, 1.807) is 20.8 Å². The summed E-state index contributed by atoms with van der Waals surface area (Å²) in [5, 5.41) is 5.36. The smallest absolute Gasteiger partial charge is 0.409 e. The number of ether oxygens (including phenoxy) is 1. The molecular formula is C20H21N3O3. The van der Waals surface area contributed by atoms with Crippen LogP contribution in [0.4, 0.5) is 10.5 Å². The molecule has 1 atom stereocenters. The van der Waals surface area contributed by atoms with Crippen molar-refractivity contribution in [3.8, 4) is 0 Å². The van der Waals surface area contributed by atoms with Crippen molar-refractivity contribution in [3.63, 3.8) is 0 Å². The maximum atomic E-state index is 12.6. The average Bonchev–Trinajstić information content (AvgIpc) is 2.71. The molecule has 0 aromatic heterocycles. The Kier molecular flexibility index (Phi) is 4.75. The maximum Gasteiger partial charge on any atom is 0.409 e. The van der Waals surface area contributed by atoms with Crippen molar-refractivity contribution in [2.45, 2.75) is 32.5 Å². The molecule has 0 saturated carbocycles. The lowest BCUT2D eigenvalue weighted by Gasteiger charge is -2.21. The summed E-state index contributed by atoms with van der Waals surface area (Å²) in [6.45, 7) is 5.27. The summed E-state index contributed by atoms with van der Waals surface area (Å²) in [5.74, 6) is -0.422. The fourth-order valence-electron chi connectivity index (χ4n) is 2.60. The van der Waals surface area contributed by atoms with Crippen LogP contribution in [0.15, 0.2) is 59.6 Å². The molecule has 0 radical (unpaired) electrons. The van der Waals surface area contributed by atoms with Gasteiger partial charge in [-0.1, -0.05) is 48.5 Å². The Morgan fingerprint density at radius 3 is 2.42 bits per heavy atom. The Morgan fingerprint density at radius 2 is 1.73 bits per heavy atom. The number of para-hydroxylation sites is 1. The van der Waals surface area contributed by atoms with Crippen molar-refractivity contribution >= 4 is 23.4 Å². The number of carbonyl (C=O) groups is 2. The molecule has 6 heteroatoms. The van der Waals surface area contributed by atoms with Gasteiger partial charge in [-0.15, -0.1) is 0 Å². The SMILES string of the molecule is CC(C)(C)OC(=O)N[C@H]1N=C(c2ccccc2)c2ccccc2NC1=O. The molecule has 1 aliphatic heterocycles. The second-order valence-electron chi connectivity index (χ2n) is 6.93. The zero-order chi connectivity index (χ0) is 18.7. The number of rotatable bonds is 2. The van der Waals surface area contributed by atoms with Crippen LogP contribution >= 0.6 is 0 Å². The lowest BCUT2D eigenvalue weighted by atomic mass is 10.0. The highest BCUT2D eigenvalue weighted by molar-refractivity contribution is 6.19. The van der Waals surface area contributed by atoms with E-state index in [9.17, 15) is 9.59 Å². The molecule has 0 aliphatic carbocycles. The van der Waals surface area contributed by atoms with Crippen LogP contribution in [0.25, 0.3) is 0 Å². The largest absolute Gasteiger partial charge is 0.444 e. The third kappa shape index (κ3) is 4.08. The summed E-state index contributed by atoms with van der Waals surface area (Å²) in [7, 11) is 0. The van der Waals surface area contributed by atoms with Crippen LogP contribution in [0.1, 0.15) is 31.9 Å². The van der Waals surface area contributed by atoms with Gasteiger partial charge in [0.05, 0.1) is 11.4 Å². The lowest BCUT2D eigenvalue weighted by molar-refractivity contribution is -0.118. The summed E-state index contributed by atoms with van der Waals surface area (Å²) in [5.41, 5.74) is 2.25. The monoisotopic (exact) mass is 351 g/mol. The van der Waals surface area contributed by atoms with Gasteiger partial charge in [-0.25, -0.2) is 9.79 Å². The number of hydrogen-bond acceptors (Lipinski definition) is 4. The van der Waals surface area contributed by atoms with Crippen LogP contribution in [0.2, 0.25) is 0 Å². The molecule has 2 N–H and O–H groups in total. The highest BCUT2D eigenvalue weighted by Gasteiger charge is 2.28. The van der Waals surface area contributed by atoms with Crippen molar-refractivity contribution in [1.82, 2.24) is 5.32 Å². The molecule has 6 nitrogen and oxygen atoms in total. The van der Waals surface area contributed by atoms with Gasteiger partial charge < -0.3 is 10.1 Å². The normalized spacial score (nSPS) is 16.7. The first kappa shape index (κ1) is 17.7. The summed E-state index contributed by atoms with van der Waals surface area (Å²) in [4.78, 5) is 29.2. The number of amides is 2. The van der Waals surface area contributed by atoms with Crippen LogP contribution in [-0.4, -0.2) is 29.5 Å². The molecule has 2 aromatic rings. The third-order valence-corrected chi connectivity index (χ3v) is 3.65. The van der Waals surface area contributed by atoms with Crippen molar-refractivity contribution in [3.05, 3.63) is 65.7 Å². The molecule has 2 amide bonds. The molecular weight excluding hydrogens is 330 g/mol. The highest BCUT2D eigenvalue weighted by atomic mass is 16.6. The first-order chi connectivity index (χ1) is 12.3. The van der Waals surface area contributed by atoms with Gasteiger partial charge >= 0.3 is 6.09 Å². The van der Waals surface area contributed by atoms with E-state index < -0.39 is 23.8 Å². The zero-order valence-electron chi connectivity index (χ0n) is 14.9. The van der Waals surface area contributed by atoms with Crippen molar-refractivity contribution in [1.29, 1.82) is 0 Å². The molecule has 0 bridgehead atoms. The molecule has 1 heterocycles. The standard InChI is InChI=1S/C20H21N3O3/c1-20(2,3)26-19(25)23-17-18(24)21-15-12-8-7-11-14(15)16(22-17)13-9-5-4-6-10-13/h4-12,17H,1-3H3,(H,21,24)(H,23,25)/t17-/m1/s1. The number of alkyl carbamates (subject to hydrolysis) is 1. The topological polar surface area (TPSA) is 79.8 Å². The van der Waals surface area contributed by atoms with Gasteiger partial charge in [0.2, 0.25) is 6.17 Å². The second kappa shape index (κ2) is 7.00. The number of hydrogen-bond donors (Lipinski definition) is 2. The number of fused-ring (bicyclic) bond motifs is 1. The minimum atomic E-state index is -1.09. The molecule has 3 rings (SSSR count). The molecule has 1 aliphatic rings. The van der Waals surface area contributed by atoms with Crippen LogP contribution < -0.4 is 10.6 Å². The molecule has 26 heavy (non-hydrogen) atoms. The molecule has 2 aromatic carbocycles. The summed E-state index contributed by atoms with van der Waals surface area (Å²) < 4.78 is 5.25. The Morgan fingerprint density at radius 1 is 1.08 bits per heavy atom. The second-order valence-corrected chi connectivity index (χ2v) is 6.93. The quantitative estimate of drug-likeness (QED) is 0.871. The first-order valence-electron chi connectivity index (χ1n) is 8.36. The number of nitrogens with one attached hydrogen (secondary N) is 2. The van der Waals surface area contributed by atoms with E-state index in [1.807, 2.05) is 54.6 Å². The highest BCUT2D eigenvalue weighted by Crippen LogP contribution is 2.23. The Hall–Kier alpha value is -3.15. The first-order valence-corrected chi connectivity index (χ1v) is 8.36. The van der Waals surface area contributed by atoms with Crippen molar-refractivity contribution < 1.29 is 14.3 Å². The average molecular weight is 351 g/mol. The summed E-state index contributed by atoms with van der Waals surface area (Å²) in [6.07, 6.45) is -1.78. The van der Waals surface area contributed by atoms with Crippen LogP contribution in [-0.2, 0) is 9.53 Å². The number of aliphatic imine (C=N–C) groups is 1. The Balaban J connectivity index is 1.99. The molecule has 0 fully saturated rings. The van der Waals surface area contributed by atoms with Gasteiger partial charge in [0, 0.05) is 11.1 Å². The number of anilines is 1. The Bertz CT molecular complexity index is 854. The maximum absolute atomic E-state index is 12.6. The van der Waals surface area contributed by atoms with Crippen LogP contribution in [0.5, 0.6) is 0 Å². The lowest BCUT2D eigenvalue weighted by Crippen LogP contribution is -2.44. The van der Waals surface area contributed by atoms with Crippen molar-refractivity contribution in [2.24, 2.45) is 4.99 Å². The van der Waals surface area contributed by atoms with E-state index in [1.165, 1.54) is 0 Å². The number of benzodiazepines with no additional fused rings is 1. The van der Waals surface area contributed by atoms with E-state index in [0.717, 1.165) is 11.1 Å². The predicted molar refractivity (Wildman–Crippen MR) is 100 cm³/mol. The molecule has 0 unspecified atom stereocenters. The predicted octanol–water partition coefficient (Wildman–Crippen LogP) is 3.33. The number of nitrogens with zero attached hydrogens (tertiary/aromatic N) is 1. The fourth-order valence-corrected chi connectivity index (χ4v) is 2.60. The van der Waals surface area contributed by atoms with Gasteiger partial charge in [0.1, 0.15) is 5.60 Å². The van der Waals surface area contributed by atoms with E-state index in [4.69, 9.17) is 4.74 Å². The van der Waals surface area contributed by atoms with Crippen LogP contribution in [0.3, 0.4) is 0 Å². The van der Waals surface area contributed by atoms with Gasteiger partial charge in [-0.3, -0.25) is 10.1 Å².